The van der Waals surface area contributed by atoms with Gasteiger partial charge < -0.3 is 19.5 Å². The van der Waals surface area contributed by atoms with E-state index in [0.29, 0.717) is 47.7 Å². The first-order valence-corrected chi connectivity index (χ1v) is 9.33. The Bertz CT molecular complexity index is 839. The van der Waals surface area contributed by atoms with Crippen LogP contribution in [-0.2, 0) is 0 Å². The second kappa shape index (κ2) is 7.53. The Hall–Kier alpha value is -2.28. The molecule has 1 fully saturated rings. The largest absolute Gasteiger partial charge is 0.465 e. The van der Waals surface area contributed by atoms with Crippen molar-refractivity contribution in [2.45, 2.75) is 20.8 Å². The monoisotopic (exact) mass is 419 g/mol. The van der Waals surface area contributed by atoms with Crippen LogP contribution in [0, 0.1) is 20.8 Å². The van der Waals surface area contributed by atoms with Gasteiger partial charge in [0.25, 0.3) is 5.91 Å². The zero-order chi connectivity index (χ0) is 18.8. The zero-order valence-corrected chi connectivity index (χ0v) is 16.7. The second-order valence-electron chi connectivity index (χ2n) is 6.48. The van der Waals surface area contributed by atoms with E-state index >= 15 is 0 Å². The number of furan rings is 1. The van der Waals surface area contributed by atoms with Gasteiger partial charge in [-0.25, -0.2) is 4.79 Å². The van der Waals surface area contributed by atoms with Crippen molar-refractivity contribution in [3.05, 3.63) is 51.4 Å². The average Bonchev–Trinajstić information content (AvgIpc) is 2.86. The predicted molar refractivity (Wildman–Crippen MR) is 104 cm³/mol. The number of benzene rings is 1. The summed E-state index contributed by atoms with van der Waals surface area (Å²) < 4.78 is 6.23. The van der Waals surface area contributed by atoms with Gasteiger partial charge in [-0.15, -0.1) is 0 Å². The van der Waals surface area contributed by atoms with Crippen molar-refractivity contribution in [1.82, 2.24) is 9.80 Å². The number of aryl methyl sites for hydroxylation is 3. The van der Waals surface area contributed by atoms with Crippen LogP contribution in [0.1, 0.15) is 27.4 Å². The summed E-state index contributed by atoms with van der Waals surface area (Å²) in [6.45, 7) is 7.58. The van der Waals surface area contributed by atoms with Crippen LogP contribution in [0.3, 0.4) is 0 Å². The lowest BCUT2D eigenvalue weighted by Gasteiger charge is -2.34. The third kappa shape index (κ3) is 3.77. The Morgan fingerprint density at radius 3 is 2.27 bits per heavy atom. The molecular formula is C19H22BrN3O3. The Balaban J connectivity index is 1.60. The van der Waals surface area contributed by atoms with Crippen molar-refractivity contribution < 1.29 is 14.0 Å². The normalized spacial score (nSPS) is 14.5. The molecule has 6 nitrogen and oxygen atoms in total. The summed E-state index contributed by atoms with van der Waals surface area (Å²) in [7, 11) is 0. The number of carbonyl (C=O) groups excluding carboxylic acids is 2. The van der Waals surface area contributed by atoms with Gasteiger partial charge in [-0.2, -0.15) is 0 Å². The van der Waals surface area contributed by atoms with Crippen molar-refractivity contribution in [2.24, 2.45) is 0 Å². The molecule has 1 aromatic heterocycles. The number of hydrogen-bond acceptors (Lipinski definition) is 3. The molecule has 26 heavy (non-hydrogen) atoms. The zero-order valence-electron chi connectivity index (χ0n) is 15.1. The second-order valence-corrected chi connectivity index (χ2v) is 7.28. The van der Waals surface area contributed by atoms with Gasteiger partial charge in [0.2, 0.25) is 0 Å². The number of rotatable bonds is 2. The van der Waals surface area contributed by atoms with E-state index in [9.17, 15) is 9.59 Å². The highest BCUT2D eigenvalue weighted by Gasteiger charge is 2.29. The lowest BCUT2D eigenvalue weighted by molar-refractivity contribution is 0.0669. The van der Waals surface area contributed by atoms with Crippen molar-refractivity contribution in [3.63, 3.8) is 0 Å². The minimum Gasteiger partial charge on any atom is -0.465 e. The molecule has 7 heteroatoms. The maximum Gasteiger partial charge on any atom is 0.321 e. The van der Waals surface area contributed by atoms with Gasteiger partial charge in [-0.1, -0.05) is 12.1 Å². The van der Waals surface area contributed by atoms with Gasteiger partial charge in [0, 0.05) is 31.9 Å². The molecule has 1 saturated heterocycles. The van der Waals surface area contributed by atoms with Crippen LogP contribution >= 0.6 is 15.9 Å². The first-order valence-electron chi connectivity index (χ1n) is 8.54. The molecule has 0 atom stereocenters. The smallest absolute Gasteiger partial charge is 0.321 e. The number of hydrogen-bond donors (Lipinski definition) is 1. The highest BCUT2D eigenvalue weighted by atomic mass is 79.9. The summed E-state index contributed by atoms with van der Waals surface area (Å²) in [5.74, 6) is 1.24. The number of amides is 3. The van der Waals surface area contributed by atoms with E-state index in [2.05, 4.69) is 21.2 Å². The molecule has 3 rings (SSSR count). The molecule has 1 N–H and O–H groups in total. The fourth-order valence-corrected chi connectivity index (χ4v) is 3.63. The third-order valence-electron chi connectivity index (χ3n) is 4.52. The van der Waals surface area contributed by atoms with E-state index in [1.807, 2.05) is 38.1 Å². The van der Waals surface area contributed by atoms with Gasteiger partial charge >= 0.3 is 6.03 Å². The number of anilines is 1. The molecule has 2 heterocycles. The van der Waals surface area contributed by atoms with Crippen LogP contribution in [-0.4, -0.2) is 47.9 Å². The minimum atomic E-state index is -0.140. The molecule has 0 spiro atoms. The highest BCUT2D eigenvalue weighted by molar-refractivity contribution is 9.10. The number of halogens is 1. The van der Waals surface area contributed by atoms with Crippen molar-refractivity contribution in [2.75, 3.05) is 31.5 Å². The van der Waals surface area contributed by atoms with E-state index in [0.717, 1.165) is 11.3 Å². The van der Waals surface area contributed by atoms with E-state index in [4.69, 9.17) is 4.42 Å². The maximum absolute atomic E-state index is 12.8. The number of piperazine rings is 1. The van der Waals surface area contributed by atoms with Crippen LogP contribution in [0.4, 0.5) is 10.5 Å². The molecule has 2 aromatic rings. The molecule has 1 aliphatic rings. The van der Waals surface area contributed by atoms with Gasteiger partial charge in [-0.05, 0) is 54.4 Å². The fraction of sp³-hybridized carbons (Fsp3) is 0.368. The van der Waals surface area contributed by atoms with Gasteiger partial charge in [-0.3, -0.25) is 4.79 Å². The Morgan fingerprint density at radius 1 is 1.04 bits per heavy atom. The molecule has 0 bridgehead atoms. The van der Waals surface area contributed by atoms with Crippen LogP contribution in [0.25, 0.3) is 0 Å². The van der Waals surface area contributed by atoms with Crippen LogP contribution in [0.2, 0.25) is 0 Å². The number of urea groups is 1. The average molecular weight is 420 g/mol. The maximum atomic E-state index is 12.8. The summed E-state index contributed by atoms with van der Waals surface area (Å²) in [5, 5.41) is 2.91. The summed E-state index contributed by atoms with van der Waals surface area (Å²) in [5.41, 5.74) is 2.44. The molecule has 0 unspecified atom stereocenters. The lowest BCUT2D eigenvalue weighted by atomic mass is 10.2. The Morgan fingerprint density at radius 2 is 1.69 bits per heavy atom. The van der Waals surface area contributed by atoms with Crippen molar-refractivity contribution in [1.29, 1.82) is 0 Å². The van der Waals surface area contributed by atoms with Crippen LogP contribution < -0.4 is 5.32 Å². The van der Waals surface area contributed by atoms with Gasteiger partial charge in [0.05, 0.1) is 10.0 Å². The highest BCUT2D eigenvalue weighted by Crippen LogP contribution is 2.28. The number of nitrogens with one attached hydrogen (secondary N) is 1. The Labute approximate surface area is 161 Å². The van der Waals surface area contributed by atoms with Gasteiger partial charge in [0.1, 0.15) is 11.5 Å². The number of carbonyl (C=O) groups is 2. The van der Waals surface area contributed by atoms with E-state index in [1.54, 1.807) is 16.7 Å². The molecule has 1 aromatic carbocycles. The molecule has 138 valence electrons. The van der Waals surface area contributed by atoms with Gasteiger partial charge in [0.15, 0.2) is 0 Å². The predicted octanol–water partition coefficient (Wildman–Crippen LogP) is 3.96. The van der Waals surface area contributed by atoms with E-state index < -0.39 is 0 Å². The van der Waals surface area contributed by atoms with Crippen molar-refractivity contribution in [3.8, 4) is 0 Å². The first kappa shape index (κ1) is 18.5. The molecule has 0 radical (unpaired) electrons. The first-order chi connectivity index (χ1) is 12.4. The summed E-state index contributed by atoms with van der Waals surface area (Å²) in [4.78, 5) is 28.7. The summed E-state index contributed by atoms with van der Waals surface area (Å²) in [6.07, 6.45) is 0. The topological polar surface area (TPSA) is 65.8 Å². The van der Waals surface area contributed by atoms with Crippen LogP contribution in [0.15, 0.2) is 33.2 Å². The SMILES string of the molecule is Cc1cccc(NC(=O)N2CCN(C(=O)c3c(C)oc(C)c3Br)CC2)c1. The molecule has 0 saturated carbocycles. The van der Waals surface area contributed by atoms with E-state index in [1.165, 1.54) is 0 Å². The third-order valence-corrected chi connectivity index (χ3v) is 5.48. The van der Waals surface area contributed by atoms with Crippen molar-refractivity contribution >= 4 is 33.6 Å². The minimum absolute atomic E-state index is 0.0648. The molecule has 3 amide bonds. The molecular weight excluding hydrogens is 398 g/mol. The number of nitrogens with zero attached hydrogens (tertiary/aromatic N) is 2. The van der Waals surface area contributed by atoms with E-state index in [-0.39, 0.29) is 11.9 Å². The summed E-state index contributed by atoms with van der Waals surface area (Å²) >= 11 is 3.43. The summed E-state index contributed by atoms with van der Waals surface area (Å²) in [6, 6.07) is 7.55. The molecule has 1 aliphatic heterocycles. The Kier molecular flexibility index (Phi) is 5.36. The van der Waals surface area contributed by atoms with Crippen LogP contribution in [0.5, 0.6) is 0 Å². The lowest BCUT2D eigenvalue weighted by Crippen LogP contribution is -2.51. The standard InChI is InChI=1S/C19H22BrN3O3/c1-12-5-4-6-15(11-12)21-19(25)23-9-7-22(8-10-23)18(24)16-13(2)26-14(3)17(16)20/h4-6,11H,7-10H2,1-3H3,(H,21,25). The molecule has 0 aliphatic carbocycles. The fourth-order valence-electron chi connectivity index (χ4n) is 3.10. The quantitative estimate of drug-likeness (QED) is 0.800.